The maximum Gasteiger partial charge on any atom is 0.166 e. The van der Waals surface area contributed by atoms with Crippen LogP contribution in [0, 0.1) is 0 Å². The highest BCUT2D eigenvalue weighted by atomic mass is 35.5. The van der Waals surface area contributed by atoms with E-state index in [0.29, 0.717) is 23.9 Å². The molecule has 0 spiro atoms. The van der Waals surface area contributed by atoms with Crippen molar-refractivity contribution in [1.29, 1.82) is 0 Å². The molecule has 1 aromatic rings. The first-order valence-corrected chi connectivity index (χ1v) is 6.80. The lowest BCUT2D eigenvalue weighted by atomic mass is 10.1. The summed E-state index contributed by atoms with van der Waals surface area (Å²) < 4.78 is 11.1. The van der Waals surface area contributed by atoms with Gasteiger partial charge in [-0.2, -0.15) is 0 Å². The monoisotopic (exact) mass is 283 g/mol. The van der Waals surface area contributed by atoms with Gasteiger partial charge in [0.15, 0.2) is 11.5 Å². The number of benzene rings is 1. The molecule has 0 aliphatic rings. The summed E-state index contributed by atoms with van der Waals surface area (Å²) in [5.74, 6) is 1.39. The third-order valence-corrected chi connectivity index (χ3v) is 2.74. The Morgan fingerprint density at radius 1 is 1.42 bits per heavy atom. The Bertz CT molecular complexity index is 432. The summed E-state index contributed by atoms with van der Waals surface area (Å²) in [6.45, 7) is 10.0. The lowest BCUT2D eigenvalue weighted by Gasteiger charge is -2.16. The van der Waals surface area contributed by atoms with E-state index in [4.69, 9.17) is 21.1 Å². The van der Waals surface area contributed by atoms with Crippen molar-refractivity contribution in [3.8, 4) is 11.5 Å². The van der Waals surface area contributed by atoms with Gasteiger partial charge in [-0.25, -0.2) is 0 Å². The number of methoxy groups -OCH3 is 1. The molecule has 0 aromatic heterocycles. The Balaban J connectivity index is 2.95. The number of hydrogen-bond acceptors (Lipinski definition) is 3. The van der Waals surface area contributed by atoms with Crippen LogP contribution < -0.4 is 14.8 Å². The fourth-order valence-electron chi connectivity index (χ4n) is 1.66. The highest BCUT2D eigenvalue weighted by molar-refractivity contribution is 6.30. The van der Waals surface area contributed by atoms with Crippen LogP contribution in [0.25, 0.3) is 0 Å². The molecular weight excluding hydrogens is 262 g/mol. The maximum absolute atomic E-state index is 6.10. The molecule has 0 heterocycles. The number of nitrogens with one attached hydrogen (secondary N) is 1. The average Bonchev–Trinajstić information content (AvgIpc) is 2.36. The molecule has 1 N–H and O–H groups in total. The van der Waals surface area contributed by atoms with Gasteiger partial charge in [0.1, 0.15) is 6.61 Å². The van der Waals surface area contributed by atoms with Gasteiger partial charge in [0.25, 0.3) is 0 Å². The Kier molecular flexibility index (Phi) is 6.74. The normalized spacial score (nSPS) is 10.3. The molecule has 0 unspecified atom stereocenters. The van der Waals surface area contributed by atoms with Crippen molar-refractivity contribution in [2.24, 2.45) is 0 Å². The molecule has 3 nitrogen and oxygen atoms in total. The third-order valence-electron chi connectivity index (χ3n) is 2.52. The molecule has 106 valence electrons. The van der Waals surface area contributed by atoms with Crippen molar-refractivity contribution < 1.29 is 9.47 Å². The Morgan fingerprint density at radius 3 is 2.74 bits per heavy atom. The van der Waals surface area contributed by atoms with Gasteiger partial charge in [0, 0.05) is 23.2 Å². The van der Waals surface area contributed by atoms with Crippen molar-refractivity contribution in [3.63, 3.8) is 0 Å². The smallest absolute Gasteiger partial charge is 0.166 e. The summed E-state index contributed by atoms with van der Waals surface area (Å²) in [4.78, 5) is 0. The second-order valence-corrected chi connectivity index (χ2v) is 4.96. The molecule has 0 amide bonds. The van der Waals surface area contributed by atoms with E-state index in [2.05, 4.69) is 18.8 Å². The van der Waals surface area contributed by atoms with E-state index >= 15 is 0 Å². The van der Waals surface area contributed by atoms with Gasteiger partial charge in [-0.3, -0.25) is 0 Å². The van der Waals surface area contributed by atoms with Gasteiger partial charge in [-0.15, -0.1) is 0 Å². The zero-order chi connectivity index (χ0) is 14.3. The Labute approximate surface area is 120 Å². The summed E-state index contributed by atoms with van der Waals surface area (Å²) in [6, 6.07) is 3.67. The van der Waals surface area contributed by atoms with Gasteiger partial charge in [0.05, 0.1) is 7.11 Å². The third kappa shape index (κ3) is 5.13. The quantitative estimate of drug-likeness (QED) is 0.581. The molecule has 0 saturated heterocycles. The summed E-state index contributed by atoms with van der Waals surface area (Å²) in [6.07, 6.45) is 1.08. The zero-order valence-corrected chi connectivity index (χ0v) is 12.6. The number of ether oxygens (including phenoxy) is 2. The van der Waals surface area contributed by atoms with Crippen LogP contribution in [-0.2, 0) is 6.54 Å². The number of rotatable bonds is 8. The SMILES string of the molecule is C=C(C)COc1c(CNCCC)cc(Cl)cc1OC. The molecule has 0 atom stereocenters. The molecule has 1 rings (SSSR count). The van der Waals surface area contributed by atoms with Crippen molar-refractivity contribution in [1.82, 2.24) is 5.32 Å². The summed E-state index contributed by atoms with van der Waals surface area (Å²) in [5.41, 5.74) is 1.96. The van der Waals surface area contributed by atoms with Gasteiger partial charge in [-0.1, -0.05) is 25.1 Å². The molecule has 0 fully saturated rings. The molecule has 0 saturated carbocycles. The van der Waals surface area contributed by atoms with Crippen molar-refractivity contribution in [2.45, 2.75) is 26.8 Å². The van der Waals surface area contributed by atoms with Crippen LogP contribution in [0.4, 0.5) is 0 Å². The second-order valence-electron chi connectivity index (χ2n) is 4.52. The fourth-order valence-corrected chi connectivity index (χ4v) is 1.90. The van der Waals surface area contributed by atoms with E-state index < -0.39 is 0 Å². The minimum atomic E-state index is 0.471. The van der Waals surface area contributed by atoms with Gasteiger partial charge in [0.2, 0.25) is 0 Å². The maximum atomic E-state index is 6.10. The molecule has 0 aliphatic heterocycles. The van der Waals surface area contributed by atoms with Crippen LogP contribution in [-0.4, -0.2) is 20.3 Å². The topological polar surface area (TPSA) is 30.5 Å². The first-order valence-electron chi connectivity index (χ1n) is 6.42. The fraction of sp³-hybridized carbons (Fsp3) is 0.467. The van der Waals surface area contributed by atoms with Crippen LogP contribution in [0.2, 0.25) is 5.02 Å². The molecule has 0 bridgehead atoms. The minimum Gasteiger partial charge on any atom is -0.493 e. The lowest BCUT2D eigenvalue weighted by Crippen LogP contribution is -2.15. The van der Waals surface area contributed by atoms with Crippen LogP contribution in [0.3, 0.4) is 0 Å². The van der Waals surface area contributed by atoms with E-state index in [1.807, 2.05) is 13.0 Å². The van der Waals surface area contributed by atoms with E-state index in [1.165, 1.54) is 0 Å². The molecule has 0 radical (unpaired) electrons. The summed E-state index contributed by atoms with van der Waals surface area (Å²) in [7, 11) is 1.61. The molecule has 0 aliphatic carbocycles. The van der Waals surface area contributed by atoms with Gasteiger partial charge >= 0.3 is 0 Å². The van der Waals surface area contributed by atoms with Crippen LogP contribution in [0.15, 0.2) is 24.3 Å². The molecular formula is C15H22ClNO2. The Hall–Kier alpha value is -1.19. The van der Waals surface area contributed by atoms with Crippen LogP contribution in [0.5, 0.6) is 11.5 Å². The predicted octanol–water partition coefficient (Wildman–Crippen LogP) is 3.80. The standard InChI is InChI=1S/C15H22ClNO2/c1-5-6-17-9-12-7-13(16)8-14(18-4)15(12)19-10-11(2)3/h7-8,17H,2,5-6,9-10H2,1,3-4H3. The first-order chi connectivity index (χ1) is 9.08. The largest absolute Gasteiger partial charge is 0.493 e. The summed E-state index contributed by atoms with van der Waals surface area (Å²) >= 11 is 6.10. The van der Waals surface area contributed by atoms with Crippen molar-refractivity contribution >= 4 is 11.6 Å². The van der Waals surface area contributed by atoms with Crippen LogP contribution in [0.1, 0.15) is 25.8 Å². The van der Waals surface area contributed by atoms with Crippen molar-refractivity contribution in [3.05, 3.63) is 34.9 Å². The summed E-state index contributed by atoms with van der Waals surface area (Å²) in [5, 5.41) is 3.99. The van der Waals surface area contributed by atoms with E-state index in [9.17, 15) is 0 Å². The predicted molar refractivity (Wildman–Crippen MR) is 80.3 cm³/mol. The number of halogens is 1. The first kappa shape index (κ1) is 15.9. The average molecular weight is 284 g/mol. The molecule has 4 heteroatoms. The van der Waals surface area contributed by atoms with Gasteiger partial charge < -0.3 is 14.8 Å². The highest BCUT2D eigenvalue weighted by Gasteiger charge is 2.12. The second kappa shape index (κ2) is 8.08. The zero-order valence-electron chi connectivity index (χ0n) is 11.9. The van der Waals surface area contributed by atoms with Gasteiger partial charge in [-0.05, 0) is 31.5 Å². The Morgan fingerprint density at radius 2 is 2.16 bits per heavy atom. The molecule has 1 aromatic carbocycles. The lowest BCUT2D eigenvalue weighted by molar-refractivity contribution is 0.315. The highest BCUT2D eigenvalue weighted by Crippen LogP contribution is 2.35. The van der Waals surface area contributed by atoms with Crippen LogP contribution >= 0.6 is 11.6 Å². The minimum absolute atomic E-state index is 0.471. The molecule has 19 heavy (non-hydrogen) atoms. The van der Waals surface area contributed by atoms with E-state index in [1.54, 1.807) is 13.2 Å². The van der Waals surface area contributed by atoms with Crippen molar-refractivity contribution in [2.75, 3.05) is 20.3 Å². The number of hydrogen-bond donors (Lipinski definition) is 1. The van der Waals surface area contributed by atoms with E-state index in [-0.39, 0.29) is 0 Å². The van der Waals surface area contributed by atoms with E-state index in [0.717, 1.165) is 29.9 Å².